The van der Waals surface area contributed by atoms with Gasteiger partial charge in [-0.2, -0.15) is 0 Å². The molecule has 1 rings (SSSR count). The standard InChI is InChI=1S/C6H4Cl2.H3NO2S/c7-5-1-2-6(8)4-3-5;1-4(2)3/h1-4H;4H,(H2,1,2,3). The van der Waals surface area contributed by atoms with Gasteiger partial charge in [-0.3, -0.25) is 0 Å². The lowest BCUT2D eigenvalue weighted by atomic mass is 10.4. The maximum absolute atomic E-state index is 8.81. The van der Waals surface area contributed by atoms with Gasteiger partial charge in [-0.15, -0.1) is 0 Å². The van der Waals surface area contributed by atoms with E-state index in [-0.39, 0.29) is 0 Å². The Kier molecular flexibility index (Phi) is 6.10. The highest BCUT2D eigenvalue weighted by molar-refractivity contribution is 7.69. The number of benzene rings is 1. The zero-order chi connectivity index (χ0) is 9.56. The molecule has 6 heteroatoms. The minimum Gasteiger partial charge on any atom is -0.231 e. The topological polar surface area (TPSA) is 60.2 Å². The molecule has 0 fully saturated rings. The molecule has 0 bridgehead atoms. The first kappa shape index (κ1) is 11.7. The monoisotopic (exact) mass is 227 g/mol. The van der Waals surface area contributed by atoms with Crippen molar-refractivity contribution in [1.29, 1.82) is 0 Å². The number of rotatable bonds is 0. The summed E-state index contributed by atoms with van der Waals surface area (Å²) < 4.78 is 17.6. The van der Waals surface area contributed by atoms with Crippen molar-refractivity contribution in [3.63, 3.8) is 0 Å². The lowest BCUT2D eigenvalue weighted by molar-refractivity contribution is 0.616. The van der Waals surface area contributed by atoms with E-state index in [0.717, 1.165) is 10.0 Å². The summed E-state index contributed by atoms with van der Waals surface area (Å²) in [5.74, 6) is 0. The van der Waals surface area contributed by atoms with E-state index >= 15 is 0 Å². The fraction of sp³-hybridized carbons (Fsp3) is 0. The van der Waals surface area contributed by atoms with Gasteiger partial charge in [0, 0.05) is 10.0 Å². The lowest BCUT2D eigenvalue weighted by Crippen LogP contribution is -1.85. The third kappa shape index (κ3) is 7.81. The highest BCUT2D eigenvalue weighted by Crippen LogP contribution is 2.12. The van der Waals surface area contributed by atoms with Gasteiger partial charge in [0.1, 0.15) is 0 Å². The normalized spacial score (nSPS) is 9.00. The molecule has 0 aliphatic carbocycles. The van der Waals surface area contributed by atoms with E-state index in [9.17, 15) is 0 Å². The van der Waals surface area contributed by atoms with Crippen LogP contribution in [0.25, 0.3) is 0 Å². The van der Waals surface area contributed by atoms with E-state index in [1.807, 2.05) is 0 Å². The summed E-state index contributed by atoms with van der Waals surface area (Å²) in [7, 11) is -2.62. The summed E-state index contributed by atoms with van der Waals surface area (Å²) in [5, 5.41) is 5.50. The van der Waals surface area contributed by atoms with Crippen LogP contribution in [0, 0.1) is 0 Å². The van der Waals surface area contributed by atoms with Crippen LogP contribution in [0.15, 0.2) is 24.3 Å². The molecule has 3 nitrogen and oxygen atoms in total. The molecule has 2 N–H and O–H groups in total. The second-order valence-corrected chi connectivity index (χ2v) is 3.17. The molecule has 0 aromatic heterocycles. The van der Waals surface area contributed by atoms with Crippen molar-refractivity contribution in [3.05, 3.63) is 34.3 Å². The maximum atomic E-state index is 8.81. The largest absolute Gasteiger partial charge is 0.231 e. The van der Waals surface area contributed by atoms with E-state index in [0.29, 0.717) is 0 Å². The predicted molar refractivity (Wildman–Crippen MR) is 51.0 cm³/mol. The molecule has 0 saturated carbocycles. The van der Waals surface area contributed by atoms with Crippen LogP contribution in [0.1, 0.15) is 0 Å². The molecule has 0 heterocycles. The van der Waals surface area contributed by atoms with Crippen LogP contribution < -0.4 is 5.14 Å². The summed E-state index contributed by atoms with van der Waals surface area (Å²) in [6.45, 7) is 0. The minimum atomic E-state index is -2.62. The molecule has 0 unspecified atom stereocenters. The molecule has 0 aliphatic heterocycles. The average molecular weight is 228 g/mol. The first-order valence-electron chi connectivity index (χ1n) is 2.82. The van der Waals surface area contributed by atoms with Crippen LogP contribution in [0.2, 0.25) is 10.0 Å². The van der Waals surface area contributed by atoms with Crippen LogP contribution >= 0.6 is 23.2 Å². The van der Waals surface area contributed by atoms with Crippen LogP contribution in [0.5, 0.6) is 0 Å². The highest BCUT2D eigenvalue weighted by Gasteiger charge is 1.83. The third-order valence-corrected chi connectivity index (χ3v) is 1.31. The second kappa shape index (κ2) is 6.25. The van der Waals surface area contributed by atoms with Crippen LogP contribution in [-0.2, 0) is 10.9 Å². The van der Waals surface area contributed by atoms with E-state index < -0.39 is 10.9 Å². The van der Waals surface area contributed by atoms with Crippen molar-refractivity contribution in [1.82, 2.24) is 0 Å². The number of hydrogen-bond acceptors (Lipinski definition) is 2. The van der Waals surface area contributed by atoms with Gasteiger partial charge in [0.2, 0.25) is 0 Å². The highest BCUT2D eigenvalue weighted by atomic mass is 35.5. The van der Waals surface area contributed by atoms with Gasteiger partial charge >= 0.3 is 0 Å². The van der Waals surface area contributed by atoms with Gasteiger partial charge in [0.05, 0.1) is 0 Å². The molecule has 0 atom stereocenters. The second-order valence-electron chi connectivity index (χ2n) is 1.72. The molecule has 0 saturated heterocycles. The quantitative estimate of drug-likeness (QED) is 0.660. The van der Waals surface area contributed by atoms with Crippen molar-refractivity contribution in [2.24, 2.45) is 5.14 Å². The smallest absolute Gasteiger partial charge is 0.198 e. The Morgan fingerprint density at radius 1 is 1.00 bits per heavy atom. The zero-order valence-corrected chi connectivity index (χ0v) is 8.31. The number of nitrogens with two attached hydrogens (primary N) is 1. The van der Waals surface area contributed by atoms with Crippen molar-refractivity contribution in [2.75, 3.05) is 0 Å². The maximum Gasteiger partial charge on any atom is 0.198 e. The third-order valence-electron chi connectivity index (χ3n) is 0.804. The summed E-state index contributed by atoms with van der Waals surface area (Å²) in [4.78, 5) is 0. The van der Waals surface area contributed by atoms with Crippen molar-refractivity contribution in [3.8, 4) is 0 Å². The zero-order valence-electron chi connectivity index (χ0n) is 5.91. The Hall–Kier alpha value is -0.290. The number of halogens is 2. The van der Waals surface area contributed by atoms with Gasteiger partial charge in [-0.25, -0.2) is 13.6 Å². The Morgan fingerprint density at radius 3 is 1.33 bits per heavy atom. The van der Waals surface area contributed by atoms with E-state index in [1.54, 1.807) is 24.3 Å². The Labute approximate surface area is 82.2 Å². The SMILES string of the molecule is Clc1ccc(Cl)cc1.N[SH](=O)=O. The first-order chi connectivity index (χ1) is 5.52. The molecule has 1 aromatic rings. The molecular weight excluding hydrogens is 221 g/mol. The summed E-state index contributed by atoms with van der Waals surface area (Å²) in [6.07, 6.45) is 0. The summed E-state index contributed by atoms with van der Waals surface area (Å²) in [6, 6.07) is 7.02. The molecule has 0 spiro atoms. The van der Waals surface area contributed by atoms with Crippen LogP contribution in [-0.4, -0.2) is 8.42 Å². The van der Waals surface area contributed by atoms with E-state index in [2.05, 4.69) is 5.14 Å². The van der Waals surface area contributed by atoms with Crippen LogP contribution in [0.4, 0.5) is 0 Å². The fourth-order valence-electron chi connectivity index (χ4n) is 0.430. The van der Waals surface area contributed by atoms with Crippen molar-refractivity contribution in [2.45, 2.75) is 0 Å². The van der Waals surface area contributed by atoms with Gasteiger partial charge in [-0.1, -0.05) is 23.2 Å². The average Bonchev–Trinajstić information content (AvgIpc) is 1.94. The van der Waals surface area contributed by atoms with Gasteiger partial charge in [0.15, 0.2) is 10.9 Å². The summed E-state index contributed by atoms with van der Waals surface area (Å²) >= 11 is 11.1. The van der Waals surface area contributed by atoms with Crippen molar-refractivity contribution < 1.29 is 8.42 Å². The van der Waals surface area contributed by atoms with E-state index in [1.165, 1.54) is 0 Å². The number of thiol groups is 1. The Bertz CT molecular complexity index is 268. The molecule has 12 heavy (non-hydrogen) atoms. The molecule has 0 amide bonds. The van der Waals surface area contributed by atoms with Crippen molar-refractivity contribution >= 4 is 34.1 Å². The Balaban J connectivity index is 0.000000261. The predicted octanol–water partition coefficient (Wildman–Crippen LogP) is 1.46. The van der Waals surface area contributed by atoms with Gasteiger partial charge in [0.25, 0.3) is 0 Å². The first-order valence-corrected chi connectivity index (χ1v) is 4.83. The molecular formula is C6H7Cl2NO2S. The fourth-order valence-corrected chi connectivity index (χ4v) is 0.682. The van der Waals surface area contributed by atoms with E-state index in [4.69, 9.17) is 31.6 Å². The Morgan fingerprint density at radius 2 is 1.17 bits per heavy atom. The van der Waals surface area contributed by atoms with Gasteiger partial charge in [-0.05, 0) is 24.3 Å². The molecule has 1 aromatic carbocycles. The number of hydrogen-bond donors (Lipinski definition) is 2. The molecule has 0 radical (unpaired) electrons. The minimum absolute atomic E-state index is 0.717. The van der Waals surface area contributed by atoms with Crippen LogP contribution in [0.3, 0.4) is 0 Å². The molecule has 68 valence electrons. The molecule has 0 aliphatic rings. The van der Waals surface area contributed by atoms with Gasteiger partial charge < -0.3 is 0 Å². The summed E-state index contributed by atoms with van der Waals surface area (Å²) in [5.41, 5.74) is 0. The lowest BCUT2D eigenvalue weighted by Gasteiger charge is -1.86.